The predicted molar refractivity (Wildman–Crippen MR) is 76.4 cm³/mol. The van der Waals surface area contributed by atoms with Crippen molar-refractivity contribution in [1.82, 2.24) is 10.2 Å². The molecule has 1 aliphatic rings. The minimum Gasteiger partial charge on any atom is -0.314 e. The molecule has 1 atom stereocenters. The van der Waals surface area contributed by atoms with Gasteiger partial charge in [0.2, 0.25) is 0 Å². The molecule has 1 aromatic carbocycles. The van der Waals surface area contributed by atoms with Crippen LogP contribution in [0.15, 0.2) is 18.2 Å². The molecule has 0 unspecified atom stereocenters. The van der Waals surface area contributed by atoms with Crippen molar-refractivity contribution in [2.45, 2.75) is 12.5 Å². The quantitative estimate of drug-likeness (QED) is 0.918. The first-order valence-electron chi connectivity index (χ1n) is 6.18. The summed E-state index contributed by atoms with van der Waals surface area (Å²) in [5.41, 5.74) is 0.890. The lowest BCUT2D eigenvalue weighted by atomic mass is 10.0. The van der Waals surface area contributed by atoms with Crippen LogP contribution in [0.2, 0.25) is 5.02 Å². The number of alkyl halides is 1. The van der Waals surface area contributed by atoms with E-state index in [1.807, 2.05) is 0 Å². The van der Waals surface area contributed by atoms with Gasteiger partial charge in [-0.25, -0.2) is 4.39 Å². The average Bonchev–Trinajstić information content (AvgIpc) is 2.40. The van der Waals surface area contributed by atoms with E-state index in [1.54, 1.807) is 12.1 Å². The van der Waals surface area contributed by atoms with Crippen molar-refractivity contribution in [3.05, 3.63) is 34.6 Å². The summed E-state index contributed by atoms with van der Waals surface area (Å²) < 4.78 is 25.9. The molecular formula is C13H18Cl2F2N2. The molecule has 0 aromatic heterocycles. The Balaban J connectivity index is 0.00000180. The Hall–Kier alpha value is -0.420. The van der Waals surface area contributed by atoms with Crippen molar-refractivity contribution in [3.63, 3.8) is 0 Å². The molecule has 1 saturated heterocycles. The van der Waals surface area contributed by atoms with Crippen molar-refractivity contribution < 1.29 is 8.78 Å². The summed E-state index contributed by atoms with van der Waals surface area (Å²) in [5.74, 6) is -0.431. The number of halogens is 4. The van der Waals surface area contributed by atoms with Gasteiger partial charge in [-0.05, 0) is 24.1 Å². The van der Waals surface area contributed by atoms with Gasteiger partial charge in [-0.15, -0.1) is 12.4 Å². The highest BCUT2D eigenvalue weighted by Gasteiger charge is 2.22. The Morgan fingerprint density at radius 3 is 2.58 bits per heavy atom. The van der Waals surface area contributed by atoms with Crippen LogP contribution in [-0.4, -0.2) is 37.8 Å². The number of hydrogen-bond acceptors (Lipinski definition) is 2. The zero-order valence-electron chi connectivity index (χ0n) is 10.5. The summed E-state index contributed by atoms with van der Waals surface area (Å²) in [5, 5.41) is 3.37. The van der Waals surface area contributed by atoms with E-state index in [4.69, 9.17) is 11.6 Å². The highest BCUT2D eigenvalue weighted by atomic mass is 35.5. The van der Waals surface area contributed by atoms with Gasteiger partial charge in [-0.2, -0.15) is 0 Å². The normalized spacial score (nSPS) is 17.8. The van der Waals surface area contributed by atoms with Crippen molar-refractivity contribution in [2.75, 3.05) is 32.9 Å². The van der Waals surface area contributed by atoms with Crippen LogP contribution in [0.4, 0.5) is 8.78 Å². The molecule has 0 aliphatic carbocycles. The molecule has 108 valence electrons. The fourth-order valence-electron chi connectivity index (χ4n) is 2.38. The maximum absolute atomic E-state index is 13.2. The van der Waals surface area contributed by atoms with E-state index in [9.17, 15) is 8.78 Å². The molecular weight excluding hydrogens is 293 g/mol. The Labute approximate surface area is 123 Å². The van der Waals surface area contributed by atoms with Crippen molar-refractivity contribution in [3.8, 4) is 0 Å². The van der Waals surface area contributed by atoms with Crippen LogP contribution in [0.25, 0.3) is 0 Å². The van der Waals surface area contributed by atoms with E-state index < -0.39 is 5.82 Å². The molecule has 6 heteroatoms. The van der Waals surface area contributed by atoms with Gasteiger partial charge in [-0.3, -0.25) is 9.29 Å². The van der Waals surface area contributed by atoms with Gasteiger partial charge in [0.15, 0.2) is 0 Å². The number of hydrogen-bond donors (Lipinski definition) is 1. The average molecular weight is 311 g/mol. The minimum atomic E-state index is -0.431. The molecule has 19 heavy (non-hydrogen) atoms. The van der Waals surface area contributed by atoms with Crippen LogP contribution in [-0.2, 0) is 0 Å². The first-order chi connectivity index (χ1) is 8.72. The second-order valence-corrected chi connectivity index (χ2v) is 4.86. The zero-order chi connectivity index (χ0) is 13.0. The van der Waals surface area contributed by atoms with E-state index in [2.05, 4.69) is 10.2 Å². The molecule has 1 heterocycles. The molecule has 0 spiro atoms. The van der Waals surface area contributed by atoms with Crippen molar-refractivity contribution in [2.24, 2.45) is 0 Å². The topological polar surface area (TPSA) is 15.3 Å². The van der Waals surface area contributed by atoms with Gasteiger partial charge in [0.25, 0.3) is 0 Å². The maximum Gasteiger partial charge on any atom is 0.141 e. The van der Waals surface area contributed by atoms with Gasteiger partial charge in [0.05, 0.1) is 11.7 Å². The molecule has 1 N–H and O–H groups in total. The van der Waals surface area contributed by atoms with Crippen LogP contribution in [0.1, 0.15) is 18.0 Å². The highest BCUT2D eigenvalue weighted by molar-refractivity contribution is 6.30. The summed E-state index contributed by atoms with van der Waals surface area (Å²) >= 11 is 5.80. The fraction of sp³-hybridized carbons (Fsp3) is 0.538. The smallest absolute Gasteiger partial charge is 0.141 e. The maximum atomic E-state index is 13.2. The molecule has 1 aromatic rings. The second-order valence-electron chi connectivity index (χ2n) is 4.45. The van der Waals surface area contributed by atoms with Crippen LogP contribution in [0.5, 0.6) is 0 Å². The third-order valence-corrected chi connectivity index (χ3v) is 3.59. The molecule has 0 amide bonds. The molecule has 2 nitrogen and oxygen atoms in total. The SMILES string of the molecule is Cl.FCC[C@@H](c1ccc(F)c(Cl)c1)N1CCNCC1. The summed E-state index contributed by atoms with van der Waals surface area (Å²) in [6.07, 6.45) is 0.419. The number of nitrogens with one attached hydrogen (secondary N) is 1. The van der Waals surface area contributed by atoms with Gasteiger partial charge in [0, 0.05) is 32.2 Å². The largest absolute Gasteiger partial charge is 0.314 e. The highest BCUT2D eigenvalue weighted by Crippen LogP contribution is 2.28. The van der Waals surface area contributed by atoms with E-state index in [1.165, 1.54) is 6.07 Å². The van der Waals surface area contributed by atoms with Gasteiger partial charge in [0.1, 0.15) is 5.82 Å². The Kier molecular flexibility index (Phi) is 7.00. The van der Waals surface area contributed by atoms with Gasteiger partial charge in [-0.1, -0.05) is 17.7 Å². The molecule has 0 radical (unpaired) electrons. The van der Waals surface area contributed by atoms with Crippen molar-refractivity contribution >= 4 is 24.0 Å². The van der Waals surface area contributed by atoms with E-state index in [0.717, 1.165) is 31.7 Å². The summed E-state index contributed by atoms with van der Waals surface area (Å²) in [6.45, 7) is 3.17. The molecule has 2 rings (SSSR count). The molecule has 1 aliphatic heterocycles. The zero-order valence-corrected chi connectivity index (χ0v) is 12.1. The molecule has 0 saturated carbocycles. The third-order valence-electron chi connectivity index (χ3n) is 3.30. The van der Waals surface area contributed by atoms with E-state index in [-0.39, 0.29) is 30.1 Å². The predicted octanol–water partition coefficient (Wildman–Crippen LogP) is 3.21. The van der Waals surface area contributed by atoms with E-state index >= 15 is 0 Å². The van der Waals surface area contributed by atoms with Crippen LogP contribution in [0, 0.1) is 5.82 Å². The van der Waals surface area contributed by atoms with Gasteiger partial charge < -0.3 is 5.32 Å². The summed E-state index contributed by atoms with van der Waals surface area (Å²) in [4.78, 5) is 2.22. The Bertz CT molecular complexity index is 398. The minimum absolute atomic E-state index is 0. The van der Waals surface area contributed by atoms with Crippen LogP contribution < -0.4 is 5.32 Å². The lowest BCUT2D eigenvalue weighted by Gasteiger charge is -2.35. The lowest BCUT2D eigenvalue weighted by molar-refractivity contribution is 0.157. The number of benzene rings is 1. The lowest BCUT2D eigenvalue weighted by Crippen LogP contribution is -2.45. The van der Waals surface area contributed by atoms with E-state index in [0.29, 0.717) is 6.42 Å². The van der Waals surface area contributed by atoms with Gasteiger partial charge >= 0.3 is 0 Å². The number of rotatable bonds is 4. The monoisotopic (exact) mass is 310 g/mol. The number of piperazine rings is 1. The molecule has 1 fully saturated rings. The van der Waals surface area contributed by atoms with Crippen LogP contribution in [0.3, 0.4) is 0 Å². The second kappa shape index (κ2) is 8.00. The first-order valence-corrected chi connectivity index (χ1v) is 6.56. The summed E-state index contributed by atoms with van der Waals surface area (Å²) in [6, 6.07) is 4.64. The third kappa shape index (κ3) is 4.28. The first kappa shape index (κ1) is 16.6. The Morgan fingerprint density at radius 1 is 1.32 bits per heavy atom. The number of nitrogens with zero attached hydrogens (tertiary/aromatic N) is 1. The fourth-order valence-corrected chi connectivity index (χ4v) is 2.57. The molecule has 0 bridgehead atoms. The summed E-state index contributed by atoms with van der Waals surface area (Å²) in [7, 11) is 0. The Morgan fingerprint density at radius 2 is 2.00 bits per heavy atom. The standard InChI is InChI=1S/C13H17ClF2N2.ClH/c14-11-9-10(1-2-12(11)16)13(3-4-15)18-7-5-17-6-8-18;/h1-2,9,13,17H,3-8H2;1H/t13-;/m0./s1. The van der Waals surface area contributed by atoms with Crippen LogP contribution >= 0.6 is 24.0 Å². The van der Waals surface area contributed by atoms with Crippen molar-refractivity contribution in [1.29, 1.82) is 0 Å².